The Balaban J connectivity index is 3.37. The average molecular weight is 298 g/mol. The van der Waals surface area contributed by atoms with Crippen LogP contribution in [0.5, 0.6) is 0 Å². The monoisotopic (exact) mass is 298 g/mol. The molecule has 0 heterocycles. The highest BCUT2D eigenvalue weighted by molar-refractivity contribution is 5.69. The van der Waals surface area contributed by atoms with Crippen LogP contribution in [0.1, 0.15) is 85.0 Å². The van der Waals surface area contributed by atoms with Gasteiger partial charge in [0.25, 0.3) is 0 Å². The maximum absolute atomic E-state index is 11.2. The second-order valence-corrected chi connectivity index (χ2v) is 5.65. The van der Waals surface area contributed by atoms with Crippen LogP contribution in [-0.2, 0) is 9.53 Å². The van der Waals surface area contributed by atoms with Gasteiger partial charge in [0.05, 0.1) is 19.2 Å². The van der Waals surface area contributed by atoms with E-state index in [2.05, 4.69) is 24.1 Å². The van der Waals surface area contributed by atoms with Gasteiger partial charge in [-0.25, -0.2) is 0 Å². The summed E-state index contributed by atoms with van der Waals surface area (Å²) >= 11 is 0. The highest BCUT2D eigenvalue weighted by Crippen LogP contribution is 2.08. The molecule has 0 aromatic rings. The van der Waals surface area contributed by atoms with E-state index in [0.717, 1.165) is 32.2 Å². The minimum absolute atomic E-state index is 0.0881. The van der Waals surface area contributed by atoms with Crippen molar-refractivity contribution < 1.29 is 9.53 Å². The first-order valence-corrected chi connectivity index (χ1v) is 8.72. The fourth-order valence-corrected chi connectivity index (χ4v) is 2.16. The Morgan fingerprint density at radius 2 is 1.71 bits per heavy atom. The van der Waals surface area contributed by atoms with Crippen molar-refractivity contribution in [1.82, 2.24) is 0 Å². The normalized spacial score (nSPS) is 12.7. The molecule has 0 fully saturated rings. The van der Waals surface area contributed by atoms with Crippen molar-refractivity contribution in [1.29, 1.82) is 0 Å². The van der Waals surface area contributed by atoms with Gasteiger partial charge in [-0.05, 0) is 33.1 Å². The van der Waals surface area contributed by atoms with Gasteiger partial charge < -0.3 is 4.74 Å². The molecule has 0 N–H and O–H groups in total. The molecule has 0 aromatic heterocycles. The number of unbranched alkanes of at least 4 members (excludes halogenated alkanes) is 6. The summed E-state index contributed by atoms with van der Waals surface area (Å²) in [5, 5.41) is 8.59. The van der Waals surface area contributed by atoms with Crippen LogP contribution in [0.4, 0.5) is 0 Å². The minimum atomic E-state index is -0.0881. The summed E-state index contributed by atoms with van der Waals surface area (Å²) in [6.45, 7) is 7.50. The van der Waals surface area contributed by atoms with Crippen LogP contribution in [0.15, 0.2) is 10.2 Å². The SMILES string of the molecule is CCCCCCCCN=N[C@@H](C)CCCCC(=O)OCC. The van der Waals surface area contributed by atoms with Crippen molar-refractivity contribution in [3.8, 4) is 0 Å². The molecule has 0 spiro atoms. The fourth-order valence-electron chi connectivity index (χ4n) is 2.16. The van der Waals surface area contributed by atoms with Gasteiger partial charge in [0, 0.05) is 6.42 Å². The Bertz CT molecular complexity index is 268. The smallest absolute Gasteiger partial charge is 0.305 e. The van der Waals surface area contributed by atoms with Crippen LogP contribution in [-0.4, -0.2) is 25.2 Å². The molecule has 124 valence electrons. The van der Waals surface area contributed by atoms with Crippen molar-refractivity contribution in [2.24, 2.45) is 10.2 Å². The van der Waals surface area contributed by atoms with Gasteiger partial charge in [0.2, 0.25) is 0 Å². The molecule has 0 saturated carbocycles. The standard InChI is InChI=1S/C17H34N2O2/c1-4-6-7-8-9-12-15-18-19-16(3)13-10-11-14-17(20)21-5-2/h16H,4-15H2,1-3H3/t16-/m0/s1. The first-order chi connectivity index (χ1) is 10.2. The average Bonchev–Trinajstić information content (AvgIpc) is 2.47. The van der Waals surface area contributed by atoms with Crippen LogP contribution < -0.4 is 0 Å². The lowest BCUT2D eigenvalue weighted by molar-refractivity contribution is -0.143. The number of azo groups is 1. The van der Waals surface area contributed by atoms with Gasteiger partial charge in [-0.3, -0.25) is 4.79 Å². The van der Waals surface area contributed by atoms with Crippen molar-refractivity contribution in [2.75, 3.05) is 13.2 Å². The topological polar surface area (TPSA) is 51.0 Å². The molecule has 21 heavy (non-hydrogen) atoms. The largest absolute Gasteiger partial charge is 0.466 e. The fraction of sp³-hybridized carbons (Fsp3) is 0.941. The number of hydrogen-bond acceptors (Lipinski definition) is 4. The van der Waals surface area contributed by atoms with Gasteiger partial charge in [-0.1, -0.05) is 45.4 Å². The molecule has 1 atom stereocenters. The maximum Gasteiger partial charge on any atom is 0.305 e. The number of rotatable bonds is 14. The van der Waals surface area contributed by atoms with E-state index in [1.54, 1.807) is 0 Å². The summed E-state index contributed by atoms with van der Waals surface area (Å²) < 4.78 is 4.89. The minimum Gasteiger partial charge on any atom is -0.466 e. The van der Waals surface area contributed by atoms with Crippen LogP contribution in [0.25, 0.3) is 0 Å². The quantitative estimate of drug-likeness (QED) is 0.248. The molecule has 0 bridgehead atoms. The summed E-state index contributed by atoms with van der Waals surface area (Å²) in [4.78, 5) is 11.2. The third-order valence-corrected chi connectivity index (χ3v) is 3.45. The molecule has 0 aromatic carbocycles. The van der Waals surface area contributed by atoms with Crippen molar-refractivity contribution in [3.05, 3.63) is 0 Å². The molecule has 0 aliphatic rings. The van der Waals surface area contributed by atoms with Crippen molar-refractivity contribution in [2.45, 2.75) is 91.0 Å². The van der Waals surface area contributed by atoms with Crippen LogP contribution in [0, 0.1) is 0 Å². The molecule has 0 aliphatic carbocycles. The van der Waals surface area contributed by atoms with E-state index < -0.39 is 0 Å². The third-order valence-electron chi connectivity index (χ3n) is 3.45. The Morgan fingerprint density at radius 3 is 2.43 bits per heavy atom. The highest BCUT2D eigenvalue weighted by atomic mass is 16.5. The first kappa shape index (κ1) is 20.1. The zero-order valence-electron chi connectivity index (χ0n) is 14.3. The second kappa shape index (κ2) is 15.5. The van der Waals surface area contributed by atoms with E-state index in [0.29, 0.717) is 13.0 Å². The summed E-state index contributed by atoms with van der Waals surface area (Å²) in [6, 6.07) is 0.271. The Morgan fingerprint density at radius 1 is 1.00 bits per heavy atom. The van der Waals surface area contributed by atoms with E-state index in [9.17, 15) is 4.79 Å². The summed E-state index contributed by atoms with van der Waals surface area (Å²) in [7, 11) is 0. The molecular weight excluding hydrogens is 264 g/mol. The summed E-state index contributed by atoms with van der Waals surface area (Å²) in [5.41, 5.74) is 0. The predicted molar refractivity (Wildman–Crippen MR) is 87.7 cm³/mol. The second-order valence-electron chi connectivity index (χ2n) is 5.65. The van der Waals surface area contributed by atoms with Gasteiger partial charge in [0.15, 0.2) is 0 Å². The maximum atomic E-state index is 11.2. The summed E-state index contributed by atoms with van der Waals surface area (Å²) in [5.74, 6) is -0.0881. The van der Waals surface area contributed by atoms with Crippen molar-refractivity contribution >= 4 is 5.97 Å². The lowest BCUT2D eigenvalue weighted by atomic mass is 10.1. The van der Waals surface area contributed by atoms with Crippen molar-refractivity contribution in [3.63, 3.8) is 0 Å². The Hall–Kier alpha value is -0.930. The van der Waals surface area contributed by atoms with E-state index in [-0.39, 0.29) is 12.0 Å². The van der Waals surface area contributed by atoms with Gasteiger partial charge in [0.1, 0.15) is 0 Å². The van der Waals surface area contributed by atoms with Crippen LogP contribution >= 0.6 is 0 Å². The number of nitrogens with zero attached hydrogens (tertiary/aromatic N) is 2. The highest BCUT2D eigenvalue weighted by Gasteiger charge is 2.03. The van der Waals surface area contributed by atoms with Gasteiger partial charge >= 0.3 is 5.97 Å². The van der Waals surface area contributed by atoms with Gasteiger partial charge in [-0.15, -0.1) is 0 Å². The summed E-state index contributed by atoms with van der Waals surface area (Å²) in [6.07, 6.45) is 11.2. The number of ether oxygens (including phenoxy) is 1. The molecule has 4 heteroatoms. The Kier molecular flexibility index (Phi) is 14.8. The van der Waals surface area contributed by atoms with E-state index in [4.69, 9.17) is 4.74 Å². The molecule has 0 aliphatic heterocycles. The van der Waals surface area contributed by atoms with Crippen LogP contribution in [0.3, 0.4) is 0 Å². The molecular formula is C17H34N2O2. The molecule has 0 amide bonds. The molecule has 0 radical (unpaired) electrons. The third kappa shape index (κ3) is 15.3. The van der Waals surface area contributed by atoms with E-state index in [1.165, 1.54) is 32.1 Å². The zero-order valence-corrected chi connectivity index (χ0v) is 14.3. The lowest BCUT2D eigenvalue weighted by Gasteiger charge is -2.05. The zero-order chi connectivity index (χ0) is 15.8. The van der Waals surface area contributed by atoms with E-state index in [1.807, 2.05) is 6.92 Å². The molecule has 0 rings (SSSR count). The number of carbonyl (C=O) groups is 1. The van der Waals surface area contributed by atoms with Gasteiger partial charge in [-0.2, -0.15) is 10.2 Å². The first-order valence-electron chi connectivity index (χ1n) is 8.72. The van der Waals surface area contributed by atoms with E-state index >= 15 is 0 Å². The Labute approximate surface area is 130 Å². The predicted octanol–water partition coefficient (Wildman–Crippen LogP) is 5.31. The molecule has 4 nitrogen and oxygen atoms in total. The molecule has 0 saturated heterocycles. The lowest BCUT2D eigenvalue weighted by Crippen LogP contribution is -2.04. The number of hydrogen-bond donors (Lipinski definition) is 0. The number of carbonyl (C=O) groups excluding carboxylic acids is 1. The molecule has 0 unspecified atom stereocenters. The number of esters is 1. The van der Waals surface area contributed by atoms with Crippen LogP contribution in [0.2, 0.25) is 0 Å².